The van der Waals surface area contributed by atoms with Gasteiger partial charge in [0.25, 0.3) is 5.91 Å². The van der Waals surface area contributed by atoms with Crippen molar-refractivity contribution in [3.8, 4) is 0 Å². The second kappa shape index (κ2) is 7.65. The molecule has 0 atom stereocenters. The molecule has 1 amide bonds. The first-order valence-electron chi connectivity index (χ1n) is 9.52. The first-order chi connectivity index (χ1) is 13.4. The van der Waals surface area contributed by atoms with Gasteiger partial charge in [0.15, 0.2) is 5.76 Å². The van der Waals surface area contributed by atoms with E-state index in [2.05, 4.69) is 15.9 Å². The van der Waals surface area contributed by atoms with Crippen molar-refractivity contribution >= 4 is 31.9 Å². The number of rotatable bonds is 6. The van der Waals surface area contributed by atoms with Gasteiger partial charge in [0, 0.05) is 36.2 Å². The van der Waals surface area contributed by atoms with Gasteiger partial charge in [0.1, 0.15) is 10.7 Å². The molecule has 0 unspecified atom stereocenters. The third-order valence-corrected chi connectivity index (χ3v) is 7.76. The van der Waals surface area contributed by atoms with E-state index in [0.717, 1.165) is 35.7 Å². The highest BCUT2D eigenvalue weighted by atomic mass is 79.9. The fourth-order valence-electron chi connectivity index (χ4n) is 3.62. The molecule has 1 aliphatic heterocycles. The van der Waals surface area contributed by atoms with Crippen LogP contribution in [0.15, 0.2) is 44.1 Å². The van der Waals surface area contributed by atoms with Crippen LogP contribution in [0.3, 0.4) is 0 Å². The normalized spacial score (nSPS) is 17.8. The van der Waals surface area contributed by atoms with Crippen LogP contribution in [0, 0.1) is 6.92 Å². The van der Waals surface area contributed by atoms with E-state index >= 15 is 0 Å². The Morgan fingerprint density at radius 2 is 1.96 bits per heavy atom. The molecule has 4 rings (SSSR count). The summed E-state index contributed by atoms with van der Waals surface area (Å²) in [5, 5.41) is 0. The van der Waals surface area contributed by atoms with Crippen LogP contribution in [-0.2, 0) is 16.6 Å². The smallest absolute Gasteiger partial charge is 0.290 e. The van der Waals surface area contributed by atoms with Gasteiger partial charge in [-0.2, -0.15) is 4.31 Å². The third-order valence-electron chi connectivity index (χ3n) is 5.26. The van der Waals surface area contributed by atoms with Gasteiger partial charge < -0.3 is 9.32 Å². The summed E-state index contributed by atoms with van der Waals surface area (Å²) in [5.41, 5.74) is 1.02. The second-order valence-corrected chi connectivity index (χ2v) is 10.3. The highest BCUT2D eigenvalue weighted by Crippen LogP contribution is 2.32. The summed E-state index contributed by atoms with van der Waals surface area (Å²) in [5.74, 6) is 0.110. The lowest BCUT2D eigenvalue weighted by atomic mass is 10.2. The van der Waals surface area contributed by atoms with Crippen molar-refractivity contribution in [2.75, 3.05) is 13.1 Å². The van der Waals surface area contributed by atoms with Crippen LogP contribution in [-0.4, -0.2) is 42.7 Å². The van der Waals surface area contributed by atoms with Crippen molar-refractivity contribution in [3.63, 3.8) is 0 Å². The fraction of sp³-hybridized carbons (Fsp3) is 0.450. The SMILES string of the molecule is Cc1oc(C(=O)N(Cc2cccc(Br)c2)C2CC2)cc1S(=O)(=O)N1CCCC1. The van der Waals surface area contributed by atoms with Gasteiger partial charge in [-0.15, -0.1) is 0 Å². The quantitative estimate of drug-likeness (QED) is 0.646. The van der Waals surface area contributed by atoms with Crippen LogP contribution in [0.2, 0.25) is 0 Å². The maximum absolute atomic E-state index is 13.1. The molecular weight excluding hydrogens is 444 g/mol. The average Bonchev–Trinajstić information content (AvgIpc) is 3.16. The van der Waals surface area contributed by atoms with E-state index in [1.807, 2.05) is 24.3 Å². The van der Waals surface area contributed by atoms with Crippen LogP contribution in [0.5, 0.6) is 0 Å². The van der Waals surface area contributed by atoms with Gasteiger partial charge in [-0.05, 0) is 50.3 Å². The number of nitrogens with zero attached hydrogens (tertiary/aromatic N) is 2. The summed E-state index contributed by atoms with van der Waals surface area (Å²) in [4.78, 5) is 15.0. The number of carbonyl (C=O) groups is 1. The molecule has 28 heavy (non-hydrogen) atoms. The van der Waals surface area contributed by atoms with Gasteiger partial charge in [-0.25, -0.2) is 8.42 Å². The van der Waals surface area contributed by atoms with E-state index < -0.39 is 10.0 Å². The van der Waals surface area contributed by atoms with Gasteiger partial charge in [0.2, 0.25) is 10.0 Å². The molecule has 1 aliphatic carbocycles. The monoisotopic (exact) mass is 466 g/mol. The van der Waals surface area contributed by atoms with Crippen molar-refractivity contribution in [3.05, 3.63) is 51.9 Å². The van der Waals surface area contributed by atoms with Crippen molar-refractivity contribution in [1.82, 2.24) is 9.21 Å². The molecule has 0 spiro atoms. The van der Waals surface area contributed by atoms with Crippen molar-refractivity contribution < 1.29 is 17.6 Å². The Morgan fingerprint density at radius 3 is 2.61 bits per heavy atom. The lowest BCUT2D eigenvalue weighted by Gasteiger charge is -2.21. The molecule has 6 nitrogen and oxygen atoms in total. The van der Waals surface area contributed by atoms with Gasteiger partial charge >= 0.3 is 0 Å². The summed E-state index contributed by atoms with van der Waals surface area (Å²) in [6, 6.07) is 9.42. The molecule has 2 aliphatic rings. The Bertz CT molecular complexity index is 991. The molecule has 1 aromatic heterocycles. The summed E-state index contributed by atoms with van der Waals surface area (Å²) >= 11 is 3.46. The molecule has 8 heteroatoms. The minimum absolute atomic E-state index is 0.0946. The average molecular weight is 467 g/mol. The molecule has 0 radical (unpaired) electrons. The predicted octanol–water partition coefficient (Wildman–Crippen LogP) is 3.94. The first kappa shape index (κ1) is 19.7. The number of carbonyl (C=O) groups excluding carboxylic acids is 1. The number of aryl methyl sites for hydroxylation is 1. The number of halogens is 1. The number of hydrogen-bond acceptors (Lipinski definition) is 4. The Morgan fingerprint density at radius 1 is 1.25 bits per heavy atom. The first-order valence-corrected chi connectivity index (χ1v) is 11.8. The van der Waals surface area contributed by atoms with Crippen LogP contribution in [0.25, 0.3) is 0 Å². The lowest BCUT2D eigenvalue weighted by Crippen LogP contribution is -2.32. The Kier molecular flexibility index (Phi) is 5.37. The van der Waals surface area contributed by atoms with Gasteiger partial charge in [-0.1, -0.05) is 28.1 Å². The topological polar surface area (TPSA) is 70.8 Å². The number of hydrogen-bond donors (Lipinski definition) is 0. The fourth-order valence-corrected chi connectivity index (χ4v) is 5.75. The maximum atomic E-state index is 13.1. The standard InChI is InChI=1S/C20H23BrN2O4S/c1-14-19(28(25,26)22-9-2-3-10-22)12-18(27-14)20(24)23(17-7-8-17)13-15-5-4-6-16(21)11-15/h4-6,11-12,17H,2-3,7-10,13H2,1H3. The Balaban J connectivity index is 1.60. The summed E-state index contributed by atoms with van der Waals surface area (Å²) < 4.78 is 33.8. The minimum atomic E-state index is -3.61. The molecule has 2 aromatic rings. The van der Waals surface area contributed by atoms with Crippen LogP contribution in [0.4, 0.5) is 0 Å². The van der Waals surface area contributed by atoms with Crippen molar-refractivity contribution in [1.29, 1.82) is 0 Å². The molecule has 0 N–H and O–H groups in total. The van der Waals surface area contributed by atoms with Crippen LogP contribution < -0.4 is 0 Å². The number of furan rings is 1. The van der Waals surface area contributed by atoms with Gasteiger partial charge in [-0.3, -0.25) is 4.79 Å². The van der Waals surface area contributed by atoms with Crippen LogP contribution in [0.1, 0.15) is 47.6 Å². The van der Waals surface area contributed by atoms with E-state index in [1.54, 1.807) is 11.8 Å². The van der Waals surface area contributed by atoms with Crippen LogP contribution >= 0.6 is 15.9 Å². The Hall–Kier alpha value is -1.64. The molecule has 150 valence electrons. The molecule has 0 bridgehead atoms. The van der Waals surface area contributed by atoms with E-state index in [4.69, 9.17) is 4.42 Å². The zero-order chi connectivity index (χ0) is 19.9. The van der Waals surface area contributed by atoms with E-state index in [1.165, 1.54) is 10.4 Å². The highest BCUT2D eigenvalue weighted by Gasteiger charge is 2.37. The molecular formula is C20H23BrN2O4S. The summed E-state index contributed by atoms with van der Waals surface area (Å²) in [6.07, 6.45) is 3.64. The molecule has 1 aromatic carbocycles. The summed E-state index contributed by atoms with van der Waals surface area (Å²) in [7, 11) is -3.61. The summed E-state index contributed by atoms with van der Waals surface area (Å²) in [6.45, 7) is 3.12. The van der Waals surface area contributed by atoms with Crippen molar-refractivity contribution in [2.45, 2.75) is 50.1 Å². The molecule has 1 saturated carbocycles. The number of sulfonamides is 1. The predicted molar refractivity (Wildman–Crippen MR) is 108 cm³/mol. The maximum Gasteiger partial charge on any atom is 0.290 e. The largest absolute Gasteiger partial charge is 0.455 e. The molecule has 2 heterocycles. The van der Waals surface area contributed by atoms with Crippen molar-refractivity contribution in [2.24, 2.45) is 0 Å². The molecule has 1 saturated heterocycles. The number of benzene rings is 1. The molecule has 2 fully saturated rings. The highest BCUT2D eigenvalue weighted by molar-refractivity contribution is 9.10. The minimum Gasteiger partial charge on any atom is -0.455 e. The third kappa shape index (κ3) is 3.90. The van der Waals surface area contributed by atoms with Gasteiger partial charge in [0.05, 0.1) is 0 Å². The second-order valence-electron chi connectivity index (χ2n) is 7.44. The zero-order valence-corrected chi connectivity index (χ0v) is 18.1. The zero-order valence-electron chi connectivity index (χ0n) is 15.7. The van der Waals surface area contributed by atoms with E-state index in [-0.39, 0.29) is 28.4 Å². The van der Waals surface area contributed by atoms with E-state index in [0.29, 0.717) is 19.6 Å². The number of amides is 1. The lowest BCUT2D eigenvalue weighted by molar-refractivity contribution is 0.0696. The van der Waals surface area contributed by atoms with E-state index in [9.17, 15) is 13.2 Å². The Labute approximate surface area is 173 Å².